The Labute approximate surface area is 161 Å². The Bertz CT molecular complexity index is 432. The summed E-state index contributed by atoms with van der Waals surface area (Å²) in [6.07, 6.45) is 14.4. The summed E-state index contributed by atoms with van der Waals surface area (Å²) in [6.45, 7) is 15.4. The van der Waals surface area contributed by atoms with Crippen molar-refractivity contribution in [3.05, 3.63) is 0 Å². The summed E-state index contributed by atoms with van der Waals surface area (Å²) < 4.78 is 0. The number of hydrogen-bond acceptors (Lipinski definition) is 0. The van der Waals surface area contributed by atoms with Gasteiger partial charge in [0.05, 0.1) is 0 Å². The third-order valence-corrected chi connectivity index (χ3v) is 9.57. The molecule has 0 bridgehead atoms. The number of hydrogen-bond donors (Lipinski definition) is 0. The average Bonchev–Trinajstić information content (AvgIpc) is 2.62. The van der Waals surface area contributed by atoms with Crippen molar-refractivity contribution in [1.29, 1.82) is 0 Å². The highest BCUT2D eigenvalue weighted by atomic mass is 14.7. The van der Waals surface area contributed by atoms with E-state index >= 15 is 0 Å². The van der Waals surface area contributed by atoms with Crippen molar-refractivity contribution in [2.24, 2.45) is 28.6 Å². The molecule has 7 atom stereocenters. The molecule has 2 fully saturated rings. The quantitative estimate of drug-likeness (QED) is 0.469. The molecule has 0 aliphatic heterocycles. The van der Waals surface area contributed by atoms with E-state index in [-0.39, 0.29) is 0 Å². The third-order valence-electron chi connectivity index (χ3n) is 9.57. The lowest BCUT2D eigenvalue weighted by molar-refractivity contribution is -0.224. The highest BCUT2D eigenvalue weighted by molar-refractivity contribution is 6.15. The van der Waals surface area contributed by atoms with E-state index in [1.54, 1.807) is 0 Å². The monoisotopic (exact) mass is 344 g/mol. The fourth-order valence-corrected chi connectivity index (χ4v) is 7.41. The normalized spacial score (nSPS) is 43.6. The first kappa shape index (κ1) is 21.4. The summed E-state index contributed by atoms with van der Waals surface area (Å²) in [6, 6.07) is 0. The molecule has 0 aromatic carbocycles. The number of fused-ring (bicyclic) bond motifs is 1. The maximum Gasteiger partial charge on any atom is 0.109 e. The SMILES string of the molecule is BC(CCCC)CCC[C@H](C)[C@H]1[C@@H](C)C2(C)CCCCC(B)(C)C12C. The van der Waals surface area contributed by atoms with Gasteiger partial charge in [-0.05, 0) is 35.0 Å². The first-order valence-corrected chi connectivity index (χ1v) is 11.6. The van der Waals surface area contributed by atoms with Gasteiger partial charge in [0.1, 0.15) is 15.7 Å². The first-order valence-electron chi connectivity index (χ1n) is 11.6. The minimum atomic E-state index is 0.498. The van der Waals surface area contributed by atoms with Gasteiger partial charge in [-0.3, -0.25) is 0 Å². The van der Waals surface area contributed by atoms with Gasteiger partial charge in [-0.25, -0.2) is 0 Å². The molecule has 4 unspecified atom stereocenters. The van der Waals surface area contributed by atoms with Crippen molar-refractivity contribution in [2.75, 3.05) is 0 Å². The van der Waals surface area contributed by atoms with E-state index in [4.69, 9.17) is 0 Å². The molecule has 0 aromatic heterocycles. The van der Waals surface area contributed by atoms with Crippen LogP contribution in [0.1, 0.15) is 106 Å². The van der Waals surface area contributed by atoms with Crippen LogP contribution in [0.2, 0.25) is 11.1 Å². The van der Waals surface area contributed by atoms with Crippen LogP contribution in [-0.4, -0.2) is 15.7 Å². The van der Waals surface area contributed by atoms with Gasteiger partial charge < -0.3 is 0 Å². The maximum atomic E-state index is 2.68. The van der Waals surface area contributed by atoms with Crippen LogP contribution < -0.4 is 0 Å². The van der Waals surface area contributed by atoms with Crippen LogP contribution in [0.4, 0.5) is 0 Å². The summed E-state index contributed by atoms with van der Waals surface area (Å²) in [5, 5.41) is 0.498. The zero-order chi connectivity index (χ0) is 18.9. The van der Waals surface area contributed by atoms with Gasteiger partial charge in [0.25, 0.3) is 0 Å². The molecule has 0 radical (unpaired) electrons. The lowest BCUT2D eigenvalue weighted by atomic mass is 9.28. The molecule has 0 saturated heterocycles. The Morgan fingerprint density at radius 3 is 2.24 bits per heavy atom. The van der Waals surface area contributed by atoms with Crippen molar-refractivity contribution in [1.82, 2.24) is 0 Å². The predicted molar refractivity (Wildman–Crippen MR) is 119 cm³/mol. The molecule has 0 heterocycles. The molecule has 2 heteroatoms. The summed E-state index contributed by atoms with van der Waals surface area (Å²) in [4.78, 5) is 0. The van der Waals surface area contributed by atoms with Gasteiger partial charge in [0.2, 0.25) is 0 Å². The molecule has 0 nitrogen and oxygen atoms in total. The molecule has 2 rings (SSSR count). The summed E-state index contributed by atoms with van der Waals surface area (Å²) >= 11 is 0. The molecular formula is C23H46B2. The fourth-order valence-electron chi connectivity index (χ4n) is 7.41. The van der Waals surface area contributed by atoms with Crippen molar-refractivity contribution in [2.45, 2.75) is 117 Å². The lowest BCUT2D eigenvalue weighted by Gasteiger charge is -2.74. The number of rotatable bonds is 8. The molecule has 2 saturated carbocycles. The van der Waals surface area contributed by atoms with Gasteiger partial charge in [-0.2, -0.15) is 0 Å². The third kappa shape index (κ3) is 3.62. The highest BCUT2D eigenvalue weighted by Gasteiger charge is 2.70. The standard InChI is InChI=1S/C23H46B2/c1-7-8-13-19(24)14-11-12-17(2)20-18(3)21(4)15-9-10-16-22(5,25)23(20,21)6/h17-20H,7-16,24-25H2,1-6H3/t17-,18+,19?,20-,21?,22?,23?/m0/s1. The van der Waals surface area contributed by atoms with Crippen LogP contribution in [0.3, 0.4) is 0 Å². The Hall–Kier alpha value is 0.130. The van der Waals surface area contributed by atoms with E-state index < -0.39 is 0 Å². The number of unbranched alkanes of at least 4 members (excludes halogenated alkanes) is 1. The summed E-state index contributed by atoms with van der Waals surface area (Å²) in [5.74, 6) is 3.66. The minimum Gasteiger partial charge on any atom is -0.0697 e. The second-order valence-corrected chi connectivity index (χ2v) is 11.2. The Kier molecular flexibility index (Phi) is 6.87. The van der Waals surface area contributed by atoms with Gasteiger partial charge in [0, 0.05) is 0 Å². The maximum absolute atomic E-state index is 2.68. The largest absolute Gasteiger partial charge is 0.109 e. The summed E-state index contributed by atoms with van der Waals surface area (Å²) in [7, 11) is 5.06. The predicted octanol–water partition coefficient (Wildman–Crippen LogP) is 6.07. The second kappa shape index (κ2) is 8.02. The van der Waals surface area contributed by atoms with Crippen LogP contribution in [0.15, 0.2) is 0 Å². The molecule has 144 valence electrons. The summed E-state index contributed by atoms with van der Waals surface area (Å²) in [5.41, 5.74) is 1.10. The minimum absolute atomic E-state index is 0.498. The highest BCUT2D eigenvalue weighted by Crippen LogP contribution is 2.78. The van der Waals surface area contributed by atoms with Crippen LogP contribution in [0, 0.1) is 28.6 Å². The van der Waals surface area contributed by atoms with Crippen LogP contribution >= 0.6 is 0 Å². The molecule has 0 N–H and O–H groups in total. The first-order chi connectivity index (χ1) is 11.6. The molecule has 2 aliphatic carbocycles. The van der Waals surface area contributed by atoms with E-state index in [1.807, 2.05) is 0 Å². The lowest BCUT2D eigenvalue weighted by Crippen LogP contribution is -2.67. The van der Waals surface area contributed by atoms with Gasteiger partial charge >= 0.3 is 0 Å². The average molecular weight is 344 g/mol. The molecular weight excluding hydrogens is 298 g/mol. The second-order valence-electron chi connectivity index (χ2n) is 11.2. The molecule has 0 spiro atoms. The molecule has 0 aromatic rings. The Morgan fingerprint density at radius 1 is 1.00 bits per heavy atom. The van der Waals surface area contributed by atoms with Gasteiger partial charge in [0.15, 0.2) is 0 Å². The van der Waals surface area contributed by atoms with E-state index in [1.165, 1.54) is 64.2 Å². The van der Waals surface area contributed by atoms with Crippen molar-refractivity contribution < 1.29 is 0 Å². The molecule has 25 heavy (non-hydrogen) atoms. The van der Waals surface area contributed by atoms with Crippen molar-refractivity contribution in [3.8, 4) is 0 Å². The van der Waals surface area contributed by atoms with Gasteiger partial charge in [-0.1, -0.05) is 110 Å². The Balaban J connectivity index is 2.00. The van der Waals surface area contributed by atoms with Crippen molar-refractivity contribution >= 4 is 15.7 Å². The zero-order valence-electron chi connectivity index (χ0n) is 18.9. The van der Waals surface area contributed by atoms with E-state index in [0.717, 1.165) is 23.6 Å². The van der Waals surface area contributed by atoms with Crippen LogP contribution in [-0.2, 0) is 0 Å². The molecule has 2 aliphatic rings. The van der Waals surface area contributed by atoms with Crippen molar-refractivity contribution in [3.63, 3.8) is 0 Å². The topological polar surface area (TPSA) is 0 Å². The van der Waals surface area contributed by atoms with E-state index in [0.29, 0.717) is 16.1 Å². The fraction of sp³-hybridized carbons (Fsp3) is 1.00. The Morgan fingerprint density at radius 2 is 1.60 bits per heavy atom. The zero-order valence-corrected chi connectivity index (χ0v) is 18.9. The van der Waals surface area contributed by atoms with E-state index in [2.05, 4.69) is 57.2 Å². The van der Waals surface area contributed by atoms with E-state index in [9.17, 15) is 0 Å². The molecule has 0 amide bonds. The smallest absolute Gasteiger partial charge is 0.0697 e. The van der Waals surface area contributed by atoms with Crippen LogP contribution in [0.25, 0.3) is 0 Å². The van der Waals surface area contributed by atoms with Gasteiger partial charge in [-0.15, -0.1) is 0 Å². The van der Waals surface area contributed by atoms with Crippen LogP contribution in [0.5, 0.6) is 0 Å².